The third kappa shape index (κ3) is 4.65. The third-order valence-electron chi connectivity index (χ3n) is 5.42. The fourth-order valence-electron chi connectivity index (χ4n) is 3.75. The normalized spacial score (nSPS) is 24.9. The average molecular weight is 297 g/mol. The maximum absolute atomic E-state index is 2.70. The number of hydrogen-bond acceptors (Lipinski definition) is 4. The summed E-state index contributed by atoms with van der Waals surface area (Å²) in [6.45, 7) is 24.0. The van der Waals surface area contributed by atoms with Gasteiger partial charge in [-0.05, 0) is 34.2 Å². The SMILES string of the molecule is CCN1CCN(C(C)(C)CN2CCN(C(C)C)CC2)CC1. The first-order valence-electron chi connectivity index (χ1n) is 8.86. The summed E-state index contributed by atoms with van der Waals surface area (Å²) in [5.41, 5.74) is 0.305. The van der Waals surface area contributed by atoms with E-state index in [0.717, 1.165) is 0 Å². The Morgan fingerprint density at radius 1 is 0.810 bits per heavy atom. The maximum atomic E-state index is 2.70. The molecule has 21 heavy (non-hydrogen) atoms. The molecule has 2 saturated heterocycles. The number of hydrogen-bond donors (Lipinski definition) is 0. The summed E-state index contributed by atoms with van der Waals surface area (Å²) < 4.78 is 0. The molecule has 0 unspecified atom stereocenters. The van der Waals surface area contributed by atoms with E-state index >= 15 is 0 Å². The molecule has 0 amide bonds. The largest absolute Gasteiger partial charge is 0.301 e. The summed E-state index contributed by atoms with van der Waals surface area (Å²) in [5, 5.41) is 0. The van der Waals surface area contributed by atoms with Gasteiger partial charge in [-0.1, -0.05) is 6.92 Å². The molecule has 2 heterocycles. The Morgan fingerprint density at radius 2 is 1.33 bits per heavy atom. The first-order chi connectivity index (χ1) is 9.92. The van der Waals surface area contributed by atoms with Crippen LogP contribution < -0.4 is 0 Å². The van der Waals surface area contributed by atoms with Gasteiger partial charge in [0.2, 0.25) is 0 Å². The molecule has 0 bridgehead atoms. The molecule has 0 radical (unpaired) electrons. The average Bonchev–Trinajstić information content (AvgIpc) is 2.47. The van der Waals surface area contributed by atoms with E-state index in [1.165, 1.54) is 65.4 Å². The second kappa shape index (κ2) is 7.40. The van der Waals surface area contributed by atoms with Gasteiger partial charge in [0, 0.05) is 70.5 Å². The van der Waals surface area contributed by atoms with Gasteiger partial charge in [-0.25, -0.2) is 0 Å². The van der Waals surface area contributed by atoms with Gasteiger partial charge in [-0.15, -0.1) is 0 Å². The molecule has 2 rings (SSSR count). The Labute approximate surface area is 132 Å². The minimum absolute atomic E-state index is 0.305. The van der Waals surface area contributed by atoms with E-state index in [2.05, 4.69) is 54.2 Å². The first-order valence-corrected chi connectivity index (χ1v) is 8.86. The summed E-state index contributed by atoms with van der Waals surface area (Å²) in [7, 11) is 0. The standard InChI is InChI=1S/C17H36N4/c1-6-18-9-13-21(14-10-18)17(4,5)15-19-7-11-20(12-8-19)16(2)3/h16H,6-15H2,1-5H3. The smallest absolute Gasteiger partial charge is 0.0281 e. The van der Waals surface area contributed by atoms with Gasteiger partial charge in [0.05, 0.1) is 0 Å². The molecule has 4 nitrogen and oxygen atoms in total. The molecule has 124 valence electrons. The summed E-state index contributed by atoms with van der Waals surface area (Å²) in [4.78, 5) is 10.5. The van der Waals surface area contributed by atoms with Crippen LogP contribution in [0.15, 0.2) is 0 Å². The van der Waals surface area contributed by atoms with Gasteiger partial charge in [-0.3, -0.25) is 14.7 Å². The molecule has 2 aliphatic heterocycles. The van der Waals surface area contributed by atoms with Crippen LogP contribution in [0.4, 0.5) is 0 Å². The van der Waals surface area contributed by atoms with Crippen molar-refractivity contribution in [1.29, 1.82) is 0 Å². The van der Waals surface area contributed by atoms with Crippen molar-refractivity contribution in [2.24, 2.45) is 0 Å². The van der Waals surface area contributed by atoms with Crippen molar-refractivity contribution in [3.05, 3.63) is 0 Å². The monoisotopic (exact) mass is 296 g/mol. The van der Waals surface area contributed by atoms with Crippen LogP contribution >= 0.6 is 0 Å². The molecular formula is C17H36N4. The van der Waals surface area contributed by atoms with Crippen LogP contribution in [0.25, 0.3) is 0 Å². The molecule has 0 aromatic heterocycles. The molecular weight excluding hydrogens is 260 g/mol. The second-order valence-corrected chi connectivity index (χ2v) is 7.64. The van der Waals surface area contributed by atoms with Crippen LogP contribution in [0.5, 0.6) is 0 Å². The lowest BCUT2D eigenvalue weighted by molar-refractivity contribution is 0.0144. The van der Waals surface area contributed by atoms with E-state index in [4.69, 9.17) is 0 Å². The predicted molar refractivity (Wildman–Crippen MR) is 90.9 cm³/mol. The Bertz CT molecular complexity index is 300. The minimum Gasteiger partial charge on any atom is -0.301 e. The molecule has 4 heteroatoms. The van der Waals surface area contributed by atoms with Crippen molar-refractivity contribution in [3.8, 4) is 0 Å². The lowest BCUT2D eigenvalue weighted by Gasteiger charge is -2.47. The van der Waals surface area contributed by atoms with Gasteiger partial charge >= 0.3 is 0 Å². The predicted octanol–water partition coefficient (Wildman–Crippen LogP) is 1.43. The van der Waals surface area contributed by atoms with E-state index in [1.807, 2.05) is 0 Å². The molecule has 2 fully saturated rings. The molecule has 0 aromatic rings. The summed E-state index contributed by atoms with van der Waals surface area (Å²) in [6, 6.07) is 0.697. The highest BCUT2D eigenvalue weighted by Gasteiger charge is 2.32. The zero-order valence-electron chi connectivity index (χ0n) is 14.9. The summed E-state index contributed by atoms with van der Waals surface area (Å²) >= 11 is 0. The van der Waals surface area contributed by atoms with E-state index in [9.17, 15) is 0 Å². The molecule has 0 aromatic carbocycles. The van der Waals surface area contributed by atoms with E-state index in [-0.39, 0.29) is 0 Å². The minimum atomic E-state index is 0.305. The lowest BCUT2D eigenvalue weighted by Crippen LogP contribution is -2.60. The lowest BCUT2D eigenvalue weighted by atomic mass is 10.00. The van der Waals surface area contributed by atoms with Gasteiger partial charge in [0.1, 0.15) is 0 Å². The summed E-state index contributed by atoms with van der Waals surface area (Å²) in [6.07, 6.45) is 0. The van der Waals surface area contributed by atoms with Crippen molar-refractivity contribution >= 4 is 0 Å². The molecule has 0 aliphatic carbocycles. The van der Waals surface area contributed by atoms with Crippen LogP contribution in [-0.2, 0) is 0 Å². The van der Waals surface area contributed by atoms with Crippen molar-refractivity contribution in [3.63, 3.8) is 0 Å². The fraction of sp³-hybridized carbons (Fsp3) is 1.00. The Balaban J connectivity index is 1.79. The quantitative estimate of drug-likeness (QED) is 0.761. The Hall–Kier alpha value is -0.160. The molecule has 0 atom stereocenters. The van der Waals surface area contributed by atoms with Crippen molar-refractivity contribution in [1.82, 2.24) is 19.6 Å². The zero-order valence-corrected chi connectivity index (χ0v) is 14.9. The highest BCUT2D eigenvalue weighted by atomic mass is 15.3. The second-order valence-electron chi connectivity index (χ2n) is 7.64. The van der Waals surface area contributed by atoms with Crippen molar-refractivity contribution < 1.29 is 0 Å². The highest BCUT2D eigenvalue weighted by molar-refractivity contribution is 4.89. The van der Waals surface area contributed by atoms with Gasteiger partial charge in [-0.2, -0.15) is 0 Å². The Morgan fingerprint density at radius 3 is 1.81 bits per heavy atom. The van der Waals surface area contributed by atoms with Crippen LogP contribution in [0, 0.1) is 0 Å². The molecule has 0 saturated carbocycles. The van der Waals surface area contributed by atoms with Gasteiger partial charge in [0.15, 0.2) is 0 Å². The van der Waals surface area contributed by atoms with Crippen LogP contribution in [0.1, 0.15) is 34.6 Å². The molecule has 0 spiro atoms. The Kier molecular flexibility index (Phi) is 6.06. The topological polar surface area (TPSA) is 13.0 Å². The number of likely N-dealkylation sites (N-methyl/N-ethyl adjacent to an activating group) is 1. The number of nitrogens with zero attached hydrogens (tertiary/aromatic N) is 4. The third-order valence-corrected chi connectivity index (χ3v) is 5.42. The maximum Gasteiger partial charge on any atom is 0.0281 e. The fourth-order valence-corrected chi connectivity index (χ4v) is 3.75. The van der Waals surface area contributed by atoms with E-state index in [0.29, 0.717) is 11.6 Å². The number of rotatable bonds is 5. The van der Waals surface area contributed by atoms with Crippen LogP contribution in [0.2, 0.25) is 0 Å². The molecule has 0 N–H and O–H groups in total. The van der Waals surface area contributed by atoms with Crippen molar-refractivity contribution in [2.45, 2.75) is 46.2 Å². The van der Waals surface area contributed by atoms with Gasteiger partial charge < -0.3 is 4.90 Å². The van der Waals surface area contributed by atoms with Crippen LogP contribution in [0.3, 0.4) is 0 Å². The highest BCUT2D eigenvalue weighted by Crippen LogP contribution is 2.19. The zero-order chi connectivity index (χ0) is 15.5. The van der Waals surface area contributed by atoms with Gasteiger partial charge in [0.25, 0.3) is 0 Å². The van der Waals surface area contributed by atoms with Crippen LogP contribution in [-0.4, -0.2) is 96.6 Å². The van der Waals surface area contributed by atoms with Crippen molar-refractivity contribution in [2.75, 3.05) is 65.4 Å². The van der Waals surface area contributed by atoms with E-state index < -0.39 is 0 Å². The summed E-state index contributed by atoms with van der Waals surface area (Å²) in [5.74, 6) is 0. The molecule has 2 aliphatic rings. The van der Waals surface area contributed by atoms with E-state index in [1.54, 1.807) is 0 Å². The number of piperazine rings is 2. The first kappa shape index (κ1) is 17.2.